The predicted molar refractivity (Wildman–Crippen MR) is 88.4 cm³/mol. The number of rotatable bonds is 6. The molecule has 0 unspecified atom stereocenters. The summed E-state index contributed by atoms with van der Waals surface area (Å²) in [5.74, 6) is -0.105. The Hall–Kier alpha value is -1.92. The van der Waals surface area contributed by atoms with E-state index in [2.05, 4.69) is 15.4 Å². The maximum atomic E-state index is 12.2. The monoisotopic (exact) mass is 334 g/mol. The van der Waals surface area contributed by atoms with Crippen LogP contribution in [0.1, 0.15) is 22.5 Å². The first-order valence-corrected chi connectivity index (χ1v) is 8.23. The number of carbonyl (C=O) groups excluding carboxylic acids is 1. The minimum absolute atomic E-state index is 0.105. The number of fused-ring (bicyclic) bond motifs is 1. The maximum Gasteiger partial charge on any atom is 0.262 e. The molecule has 0 aliphatic carbocycles. The van der Waals surface area contributed by atoms with Gasteiger partial charge in [-0.05, 0) is 18.9 Å². The van der Waals surface area contributed by atoms with Crippen molar-refractivity contribution < 1.29 is 4.79 Å². The van der Waals surface area contributed by atoms with Gasteiger partial charge in [0.2, 0.25) is 0 Å². The van der Waals surface area contributed by atoms with E-state index in [0.29, 0.717) is 16.4 Å². The summed E-state index contributed by atoms with van der Waals surface area (Å²) in [5.41, 5.74) is 0. The molecule has 0 atom stereocenters. The standard InChI is InChI=1S/C15H15ClN4OS/c16-13-11-5-1-2-6-12(11)22-14(13)15(21)18-7-3-4-8-20-10-17-9-19-20/h1-2,5-6,9-10H,3-4,7-8H2,(H,18,21). The molecule has 0 saturated carbocycles. The molecule has 7 heteroatoms. The van der Waals surface area contributed by atoms with Gasteiger partial charge in [0.15, 0.2) is 0 Å². The number of aryl methyl sites for hydroxylation is 1. The highest BCUT2D eigenvalue weighted by Gasteiger charge is 2.16. The predicted octanol–water partition coefficient (Wildman–Crippen LogP) is 3.36. The average Bonchev–Trinajstić information content (AvgIpc) is 3.15. The summed E-state index contributed by atoms with van der Waals surface area (Å²) in [5, 5.41) is 8.44. The number of amides is 1. The highest BCUT2D eigenvalue weighted by Crippen LogP contribution is 2.34. The summed E-state index contributed by atoms with van der Waals surface area (Å²) >= 11 is 7.72. The zero-order valence-corrected chi connectivity index (χ0v) is 13.4. The molecule has 0 bridgehead atoms. The quantitative estimate of drug-likeness (QED) is 0.703. The summed E-state index contributed by atoms with van der Waals surface area (Å²) < 4.78 is 2.81. The molecule has 0 spiro atoms. The van der Waals surface area contributed by atoms with Crippen molar-refractivity contribution in [1.29, 1.82) is 0 Å². The second-order valence-corrected chi connectivity index (χ2v) is 6.29. The Morgan fingerprint density at radius 2 is 2.18 bits per heavy atom. The van der Waals surface area contributed by atoms with Crippen LogP contribution >= 0.6 is 22.9 Å². The number of halogens is 1. The van der Waals surface area contributed by atoms with E-state index in [9.17, 15) is 4.79 Å². The van der Waals surface area contributed by atoms with Crippen molar-refractivity contribution in [2.45, 2.75) is 19.4 Å². The van der Waals surface area contributed by atoms with Crippen molar-refractivity contribution >= 4 is 38.9 Å². The molecule has 1 N–H and O–H groups in total. The fourth-order valence-electron chi connectivity index (χ4n) is 2.19. The number of benzene rings is 1. The minimum atomic E-state index is -0.105. The second kappa shape index (κ2) is 6.89. The summed E-state index contributed by atoms with van der Waals surface area (Å²) in [6, 6.07) is 7.78. The molecule has 0 radical (unpaired) electrons. The van der Waals surface area contributed by atoms with Gasteiger partial charge in [0.05, 0.1) is 5.02 Å². The van der Waals surface area contributed by atoms with Gasteiger partial charge in [0, 0.05) is 23.2 Å². The Labute approximate surface area is 136 Å². The molecule has 5 nitrogen and oxygen atoms in total. The SMILES string of the molecule is O=C(NCCCCn1cncn1)c1sc2ccccc2c1Cl. The third-order valence-corrected chi connectivity index (χ3v) is 4.98. The van der Waals surface area contributed by atoms with E-state index in [1.807, 2.05) is 24.3 Å². The van der Waals surface area contributed by atoms with Crippen LogP contribution in [0.25, 0.3) is 10.1 Å². The van der Waals surface area contributed by atoms with Crippen LogP contribution in [-0.2, 0) is 6.54 Å². The summed E-state index contributed by atoms with van der Waals surface area (Å²) in [4.78, 5) is 16.7. The van der Waals surface area contributed by atoms with E-state index < -0.39 is 0 Å². The first-order valence-electron chi connectivity index (χ1n) is 7.03. The van der Waals surface area contributed by atoms with Crippen molar-refractivity contribution in [3.05, 3.63) is 46.8 Å². The van der Waals surface area contributed by atoms with E-state index in [0.717, 1.165) is 29.5 Å². The van der Waals surface area contributed by atoms with Gasteiger partial charge in [-0.25, -0.2) is 4.98 Å². The number of unbranched alkanes of at least 4 members (excludes halogenated alkanes) is 1. The Balaban J connectivity index is 1.52. The van der Waals surface area contributed by atoms with Crippen LogP contribution in [-0.4, -0.2) is 27.2 Å². The molecule has 3 aromatic rings. The normalized spacial score (nSPS) is 11.0. The number of hydrogen-bond donors (Lipinski definition) is 1. The molecule has 0 aliphatic rings. The van der Waals surface area contributed by atoms with Crippen LogP contribution in [0.4, 0.5) is 0 Å². The number of nitrogens with zero attached hydrogens (tertiary/aromatic N) is 3. The largest absolute Gasteiger partial charge is 0.351 e. The van der Waals surface area contributed by atoms with Crippen molar-refractivity contribution in [3.8, 4) is 0 Å². The molecule has 3 rings (SSSR count). The first-order chi connectivity index (χ1) is 10.8. The van der Waals surface area contributed by atoms with E-state index >= 15 is 0 Å². The molecular weight excluding hydrogens is 320 g/mol. The molecule has 22 heavy (non-hydrogen) atoms. The fraction of sp³-hybridized carbons (Fsp3) is 0.267. The lowest BCUT2D eigenvalue weighted by molar-refractivity contribution is 0.0957. The summed E-state index contributed by atoms with van der Waals surface area (Å²) in [7, 11) is 0. The van der Waals surface area contributed by atoms with Crippen molar-refractivity contribution in [3.63, 3.8) is 0 Å². The molecule has 1 aromatic carbocycles. The van der Waals surface area contributed by atoms with Crippen LogP contribution < -0.4 is 5.32 Å². The lowest BCUT2D eigenvalue weighted by Gasteiger charge is -2.04. The Bertz CT molecular complexity index is 769. The fourth-order valence-corrected chi connectivity index (χ4v) is 3.62. The van der Waals surface area contributed by atoms with Gasteiger partial charge in [-0.2, -0.15) is 5.10 Å². The average molecular weight is 335 g/mol. The van der Waals surface area contributed by atoms with Gasteiger partial charge in [-0.1, -0.05) is 29.8 Å². The molecule has 0 saturated heterocycles. The Morgan fingerprint density at radius 3 is 2.95 bits per heavy atom. The highest BCUT2D eigenvalue weighted by atomic mass is 35.5. The summed E-state index contributed by atoms with van der Waals surface area (Å²) in [6.07, 6.45) is 5.03. The van der Waals surface area contributed by atoms with E-state index in [4.69, 9.17) is 11.6 Å². The van der Waals surface area contributed by atoms with Gasteiger partial charge < -0.3 is 5.32 Å². The summed E-state index contributed by atoms with van der Waals surface area (Å²) in [6.45, 7) is 1.43. The number of nitrogens with one attached hydrogen (secondary N) is 1. The van der Waals surface area contributed by atoms with Gasteiger partial charge in [0.25, 0.3) is 5.91 Å². The third kappa shape index (κ3) is 3.28. The molecule has 0 fully saturated rings. The molecule has 2 heterocycles. The number of aromatic nitrogens is 3. The van der Waals surface area contributed by atoms with E-state index in [1.54, 1.807) is 11.0 Å². The van der Waals surface area contributed by atoms with Crippen molar-refractivity contribution in [1.82, 2.24) is 20.1 Å². The Morgan fingerprint density at radius 1 is 1.32 bits per heavy atom. The van der Waals surface area contributed by atoms with Crippen molar-refractivity contribution in [2.24, 2.45) is 0 Å². The number of thiophene rings is 1. The number of hydrogen-bond acceptors (Lipinski definition) is 4. The van der Waals surface area contributed by atoms with Crippen LogP contribution in [0.15, 0.2) is 36.9 Å². The van der Waals surface area contributed by atoms with Crippen LogP contribution in [0.2, 0.25) is 5.02 Å². The zero-order valence-electron chi connectivity index (χ0n) is 11.8. The lowest BCUT2D eigenvalue weighted by Crippen LogP contribution is -2.24. The highest BCUT2D eigenvalue weighted by molar-refractivity contribution is 7.21. The number of carbonyl (C=O) groups is 1. The molecular formula is C15H15ClN4OS. The Kier molecular flexibility index (Phi) is 4.70. The molecule has 0 aliphatic heterocycles. The van der Waals surface area contributed by atoms with Gasteiger partial charge in [-0.15, -0.1) is 11.3 Å². The van der Waals surface area contributed by atoms with Crippen LogP contribution in [0.3, 0.4) is 0 Å². The lowest BCUT2D eigenvalue weighted by atomic mass is 10.2. The maximum absolute atomic E-state index is 12.2. The molecule has 114 valence electrons. The third-order valence-electron chi connectivity index (χ3n) is 3.31. The molecule has 1 amide bonds. The second-order valence-electron chi connectivity index (χ2n) is 4.86. The zero-order chi connectivity index (χ0) is 15.4. The first kappa shape index (κ1) is 15.0. The molecule has 2 aromatic heterocycles. The van der Waals surface area contributed by atoms with Crippen LogP contribution in [0.5, 0.6) is 0 Å². The van der Waals surface area contributed by atoms with Gasteiger partial charge in [0.1, 0.15) is 17.5 Å². The topological polar surface area (TPSA) is 59.8 Å². The van der Waals surface area contributed by atoms with Crippen LogP contribution in [0, 0.1) is 0 Å². The van der Waals surface area contributed by atoms with Gasteiger partial charge in [-0.3, -0.25) is 9.48 Å². The van der Waals surface area contributed by atoms with Crippen molar-refractivity contribution in [2.75, 3.05) is 6.54 Å². The van der Waals surface area contributed by atoms with E-state index in [-0.39, 0.29) is 5.91 Å². The smallest absolute Gasteiger partial charge is 0.262 e. The van der Waals surface area contributed by atoms with Gasteiger partial charge >= 0.3 is 0 Å². The van der Waals surface area contributed by atoms with E-state index in [1.165, 1.54) is 17.7 Å². The minimum Gasteiger partial charge on any atom is -0.351 e.